The predicted octanol–water partition coefficient (Wildman–Crippen LogP) is 6.92. The molecule has 0 aliphatic carbocycles. The standard InChI is InChI=1S/C23H23BrClNO2/c1-15-4-7-17(8-5-15)14-28-23-20(24)10-18(11-22(23)27-3)13-26-19-9-6-16(2)21(25)12-19/h4-12,26H,13-14H2,1-3H3. The van der Waals surface area contributed by atoms with Crippen molar-refractivity contribution in [2.45, 2.75) is 27.0 Å². The normalized spacial score (nSPS) is 10.6. The van der Waals surface area contributed by atoms with Crippen LogP contribution in [0.2, 0.25) is 5.02 Å². The van der Waals surface area contributed by atoms with Crippen LogP contribution in [-0.2, 0) is 13.2 Å². The van der Waals surface area contributed by atoms with Gasteiger partial charge in [0.2, 0.25) is 0 Å². The van der Waals surface area contributed by atoms with Gasteiger partial charge in [-0.15, -0.1) is 0 Å². The smallest absolute Gasteiger partial charge is 0.175 e. The highest BCUT2D eigenvalue weighted by atomic mass is 79.9. The maximum atomic E-state index is 6.20. The second-order valence-electron chi connectivity index (χ2n) is 6.70. The van der Waals surface area contributed by atoms with Gasteiger partial charge in [0.05, 0.1) is 11.6 Å². The zero-order valence-corrected chi connectivity index (χ0v) is 18.5. The van der Waals surface area contributed by atoms with Crippen molar-refractivity contribution in [1.82, 2.24) is 0 Å². The maximum Gasteiger partial charge on any atom is 0.175 e. The maximum absolute atomic E-state index is 6.20. The molecule has 0 radical (unpaired) electrons. The van der Waals surface area contributed by atoms with Crippen molar-refractivity contribution in [2.75, 3.05) is 12.4 Å². The molecule has 0 aromatic heterocycles. The van der Waals surface area contributed by atoms with Gasteiger partial charge in [0.1, 0.15) is 6.61 Å². The molecule has 0 heterocycles. The number of aryl methyl sites for hydroxylation is 2. The van der Waals surface area contributed by atoms with Gasteiger partial charge in [0.25, 0.3) is 0 Å². The van der Waals surface area contributed by atoms with Gasteiger partial charge >= 0.3 is 0 Å². The van der Waals surface area contributed by atoms with Crippen molar-refractivity contribution in [3.05, 3.63) is 86.3 Å². The fraction of sp³-hybridized carbons (Fsp3) is 0.217. The van der Waals surface area contributed by atoms with Crippen molar-refractivity contribution < 1.29 is 9.47 Å². The minimum absolute atomic E-state index is 0.481. The van der Waals surface area contributed by atoms with E-state index in [1.807, 2.05) is 37.3 Å². The number of nitrogens with one attached hydrogen (secondary N) is 1. The first-order valence-corrected chi connectivity index (χ1v) is 10.2. The minimum Gasteiger partial charge on any atom is -0.493 e. The summed E-state index contributed by atoms with van der Waals surface area (Å²) >= 11 is 9.82. The summed E-state index contributed by atoms with van der Waals surface area (Å²) in [5.41, 5.74) is 5.45. The van der Waals surface area contributed by atoms with Crippen LogP contribution in [0.4, 0.5) is 5.69 Å². The van der Waals surface area contributed by atoms with Gasteiger partial charge in [-0.2, -0.15) is 0 Å². The van der Waals surface area contributed by atoms with Gasteiger partial charge in [0, 0.05) is 17.3 Å². The van der Waals surface area contributed by atoms with Crippen molar-refractivity contribution in [3.8, 4) is 11.5 Å². The zero-order valence-electron chi connectivity index (χ0n) is 16.2. The van der Waals surface area contributed by atoms with Crippen molar-refractivity contribution >= 4 is 33.2 Å². The molecule has 1 N–H and O–H groups in total. The Labute approximate surface area is 179 Å². The SMILES string of the molecule is COc1cc(CNc2ccc(C)c(Cl)c2)cc(Br)c1OCc1ccc(C)cc1. The molecule has 28 heavy (non-hydrogen) atoms. The van der Waals surface area contributed by atoms with Crippen LogP contribution in [-0.4, -0.2) is 7.11 Å². The monoisotopic (exact) mass is 459 g/mol. The molecular weight excluding hydrogens is 438 g/mol. The largest absolute Gasteiger partial charge is 0.493 e. The molecule has 0 saturated carbocycles. The van der Waals surface area contributed by atoms with Crippen LogP contribution in [0.3, 0.4) is 0 Å². The molecule has 0 aliphatic rings. The molecule has 0 aliphatic heterocycles. The molecule has 5 heteroatoms. The summed E-state index contributed by atoms with van der Waals surface area (Å²) < 4.78 is 12.4. The summed E-state index contributed by atoms with van der Waals surface area (Å²) in [4.78, 5) is 0. The number of benzene rings is 3. The van der Waals surface area contributed by atoms with E-state index in [0.29, 0.717) is 24.7 Å². The average Bonchev–Trinajstić information content (AvgIpc) is 2.69. The van der Waals surface area contributed by atoms with Crippen molar-refractivity contribution in [2.24, 2.45) is 0 Å². The second-order valence-corrected chi connectivity index (χ2v) is 7.96. The number of methoxy groups -OCH3 is 1. The Hall–Kier alpha value is -2.17. The zero-order chi connectivity index (χ0) is 20.1. The topological polar surface area (TPSA) is 30.5 Å². The summed E-state index contributed by atoms with van der Waals surface area (Å²) in [6.45, 7) is 5.19. The van der Waals surface area contributed by atoms with E-state index in [1.54, 1.807) is 7.11 Å². The Morgan fingerprint density at radius 1 is 0.964 bits per heavy atom. The molecule has 0 atom stereocenters. The molecule has 0 amide bonds. The van der Waals surface area contributed by atoms with E-state index < -0.39 is 0 Å². The lowest BCUT2D eigenvalue weighted by Gasteiger charge is -2.15. The van der Waals surface area contributed by atoms with Gasteiger partial charge in [-0.05, 0) is 70.7 Å². The van der Waals surface area contributed by atoms with E-state index in [0.717, 1.165) is 31.9 Å². The molecule has 3 nitrogen and oxygen atoms in total. The highest BCUT2D eigenvalue weighted by Gasteiger charge is 2.12. The first kappa shape index (κ1) is 20.6. The molecule has 3 aromatic rings. The summed E-state index contributed by atoms with van der Waals surface area (Å²) in [5, 5.41) is 4.14. The van der Waals surface area contributed by atoms with E-state index >= 15 is 0 Å². The van der Waals surface area contributed by atoms with E-state index in [1.165, 1.54) is 5.56 Å². The molecular formula is C23H23BrClNO2. The van der Waals surface area contributed by atoms with Gasteiger partial charge < -0.3 is 14.8 Å². The van der Waals surface area contributed by atoms with Crippen LogP contribution in [0, 0.1) is 13.8 Å². The summed E-state index contributed by atoms with van der Waals surface area (Å²) in [7, 11) is 1.65. The number of rotatable bonds is 7. The molecule has 0 bridgehead atoms. The minimum atomic E-state index is 0.481. The number of hydrogen-bond donors (Lipinski definition) is 1. The Morgan fingerprint density at radius 2 is 1.71 bits per heavy atom. The number of halogens is 2. The Morgan fingerprint density at radius 3 is 2.39 bits per heavy atom. The molecule has 146 valence electrons. The van der Waals surface area contributed by atoms with Crippen LogP contribution >= 0.6 is 27.5 Å². The molecule has 3 rings (SSSR count). The van der Waals surface area contributed by atoms with Crippen LogP contribution in [0.1, 0.15) is 22.3 Å². The van der Waals surface area contributed by atoms with Crippen LogP contribution < -0.4 is 14.8 Å². The number of hydrogen-bond acceptors (Lipinski definition) is 3. The van der Waals surface area contributed by atoms with E-state index in [4.69, 9.17) is 21.1 Å². The molecule has 0 saturated heterocycles. The Kier molecular flexibility index (Phi) is 6.87. The van der Waals surface area contributed by atoms with Crippen molar-refractivity contribution in [1.29, 1.82) is 0 Å². The van der Waals surface area contributed by atoms with E-state index in [2.05, 4.69) is 52.4 Å². The molecule has 0 fully saturated rings. The first-order chi connectivity index (χ1) is 13.5. The van der Waals surface area contributed by atoms with Crippen LogP contribution in [0.15, 0.2) is 59.1 Å². The summed E-state index contributed by atoms with van der Waals surface area (Å²) in [6, 6.07) is 18.3. The third-order valence-electron chi connectivity index (χ3n) is 4.46. The second kappa shape index (κ2) is 9.35. The van der Waals surface area contributed by atoms with Crippen LogP contribution in [0.5, 0.6) is 11.5 Å². The van der Waals surface area contributed by atoms with E-state index in [-0.39, 0.29) is 0 Å². The van der Waals surface area contributed by atoms with E-state index in [9.17, 15) is 0 Å². The highest BCUT2D eigenvalue weighted by Crippen LogP contribution is 2.37. The van der Waals surface area contributed by atoms with Gasteiger partial charge in [0.15, 0.2) is 11.5 Å². The fourth-order valence-electron chi connectivity index (χ4n) is 2.76. The Balaban J connectivity index is 1.71. The van der Waals surface area contributed by atoms with Crippen LogP contribution in [0.25, 0.3) is 0 Å². The first-order valence-electron chi connectivity index (χ1n) is 9.01. The predicted molar refractivity (Wildman–Crippen MR) is 120 cm³/mol. The van der Waals surface area contributed by atoms with Crippen molar-refractivity contribution in [3.63, 3.8) is 0 Å². The third kappa shape index (κ3) is 5.21. The lowest BCUT2D eigenvalue weighted by molar-refractivity contribution is 0.282. The molecule has 0 unspecified atom stereocenters. The molecule has 0 spiro atoms. The lowest BCUT2D eigenvalue weighted by atomic mass is 10.1. The number of anilines is 1. The lowest BCUT2D eigenvalue weighted by Crippen LogP contribution is -2.03. The number of ether oxygens (including phenoxy) is 2. The summed E-state index contributed by atoms with van der Waals surface area (Å²) in [5.74, 6) is 1.39. The summed E-state index contributed by atoms with van der Waals surface area (Å²) in [6.07, 6.45) is 0. The highest BCUT2D eigenvalue weighted by molar-refractivity contribution is 9.10. The van der Waals surface area contributed by atoms with Gasteiger partial charge in [-0.3, -0.25) is 0 Å². The Bertz CT molecular complexity index is 958. The van der Waals surface area contributed by atoms with Gasteiger partial charge in [-0.1, -0.05) is 47.5 Å². The van der Waals surface area contributed by atoms with Gasteiger partial charge in [-0.25, -0.2) is 0 Å². The fourth-order valence-corrected chi connectivity index (χ4v) is 3.55. The average molecular weight is 461 g/mol. The molecule has 3 aromatic carbocycles. The quantitative estimate of drug-likeness (QED) is 0.415. The third-order valence-corrected chi connectivity index (χ3v) is 5.46.